The number of benzene rings is 2. The van der Waals surface area contributed by atoms with Crippen molar-refractivity contribution in [1.82, 2.24) is 30.2 Å². The molecular weight excluding hydrogens is 414 g/mol. The first-order valence-corrected chi connectivity index (χ1v) is 10.5. The van der Waals surface area contributed by atoms with Gasteiger partial charge < -0.3 is 4.57 Å². The van der Waals surface area contributed by atoms with Gasteiger partial charge in [-0.25, -0.2) is 4.98 Å². The molecule has 2 heterocycles. The average molecular weight is 436 g/mol. The summed E-state index contributed by atoms with van der Waals surface area (Å²) in [6.45, 7) is 2.72. The first kappa shape index (κ1) is 20.9. The summed E-state index contributed by atoms with van der Waals surface area (Å²) in [6.07, 6.45) is 2.87. The molecule has 0 bridgehead atoms. The van der Waals surface area contributed by atoms with Crippen LogP contribution >= 0.6 is 11.6 Å². The number of nitroso groups, excluding NO2 is 1. The van der Waals surface area contributed by atoms with E-state index in [4.69, 9.17) is 11.6 Å². The van der Waals surface area contributed by atoms with E-state index in [2.05, 4.69) is 62.0 Å². The van der Waals surface area contributed by atoms with Crippen LogP contribution in [0.15, 0.2) is 53.7 Å². The topological polar surface area (TPSA) is 102 Å². The molecule has 2 aromatic heterocycles. The lowest BCUT2D eigenvalue weighted by Gasteiger charge is -2.12. The molecule has 0 saturated heterocycles. The second-order valence-corrected chi connectivity index (χ2v) is 7.58. The van der Waals surface area contributed by atoms with Crippen LogP contribution < -0.4 is 0 Å². The second kappa shape index (κ2) is 9.61. The molecule has 0 fully saturated rings. The van der Waals surface area contributed by atoms with Gasteiger partial charge in [0.25, 0.3) is 0 Å². The Morgan fingerprint density at radius 1 is 1.10 bits per heavy atom. The molecule has 1 N–H and O–H groups in total. The first-order chi connectivity index (χ1) is 15.2. The summed E-state index contributed by atoms with van der Waals surface area (Å²) in [5.41, 5.74) is 4.73. The third-order valence-corrected chi connectivity index (χ3v) is 5.49. The van der Waals surface area contributed by atoms with Gasteiger partial charge in [-0.15, -0.1) is 10.2 Å². The number of nitrogens with one attached hydrogen (secondary N) is 1. The van der Waals surface area contributed by atoms with Crippen LogP contribution in [0.3, 0.4) is 0 Å². The maximum atomic E-state index is 10.9. The van der Waals surface area contributed by atoms with Crippen LogP contribution in [0.5, 0.6) is 0 Å². The van der Waals surface area contributed by atoms with Gasteiger partial charge in [-0.2, -0.15) is 10.1 Å². The highest BCUT2D eigenvalue weighted by Gasteiger charge is 2.16. The predicted molar refractivity (Wildman–Crippen MR) is 119 cm³/mol. The third-order valence-electron chi connectivity index (χ3n) is 5.19. The molecule has 0 aliphatic carbocycles. The van der Waals surface area contributed by atoms with Crippen LogP contribution in [0.4, 0.5) is 0 Å². The molecule has 9 heteroatoms. The van der Waals surface area contributed by atoms with Gasteiger partial charge in [0, 0.05) is 18.5 Å². The minimum absolute atomic E-state index is 0.00805. The largest absolute Gasteiger partial charge is 0.324 e. The molecule has 0 atom stereocenters. The van der Waals surface area contributed by atoms with Crippen LogP contribution in [0.2, 0.25) is 5.15 Å². The number of hydrogen-bond donors (Lipinski definition) is 1. The fraction of sp³-hybridized carbons (Fsp3) is 0.273. The van der Waals surface area contributed by atoms with E-state index >= 15 is 0 Å². The van der Waals surface area contributed by atoms with Crippen molar-refractivity contribution < 1.29 is 0 Å². The van der Waals surface area contributed by atoms with Crippen LogP contribution in [0.1, 0.15) is 36.8 Å². The van der Waals surface area contributed by atoms with E-state index in [1.807, 2.05) is 28.8 Å². The van der Waals surface area contributed by atoms with Crippen molar-refractivity contribution in [1.29, 1.82) is 0 Å². The summed E-state index contributed by atoms with van der Waals surface area (Å²) in [4.78, 5) is 15.4. The molecular formula is C22H22ClN7O. The maximum absolute atomic E-state index is 10.9. The Labute approximate surface area is 184 Å². The monoisotopic (exact) mass is 435 g/mol. The number of halogens is 1. The molecule has 0 unspecified atom stereocenters. The molecule has 0 radical (unpaired) electrons. The van der Waals surface area contributed by atoms with E-state index in [0.29, 0.717) is 23.2 Å². The van der Waals surface area contributed by atoms with Gasteiger partial charge in [0.1, 0.15) is 12.4 Å². The first-order valence-electron chi connectivity index (χ1n) is 10.2. The van der Waals surface area contributed by atoms with Gasteiger partial charge in [0.15, 0.2) is 5.15 Å². The number of rotatable bonds is 9. The Morgan fingerprint density at radius 2 is 1.87 bits per heavy atom. The van der Waals surface area contributed by atoms with Gasteiger partial charge >= 0.3 is 0 Å². The lowest BCUT2D eigenvalue weighted by Crippen LogP contribution is -2.09. The van der Waals surface area contributed by atoms with Crippen LogP contribution in [0.25, 0.3) is 22.5 Å². The van der Waals surface area contributed by atoms with Gasteiger partial charge in [-0.05, 0) is 28.3 Å². The number of aromatic nitrogens is 6. The van der Waals surface area contributed by atoms with Crippen LogP contribution in [0, 0.1) is 4.91 Å². The maximum Gasteiger partial charge on any atom is 0.205 e. The summed E-state index contributed by atoms with van der Waals surface area (Å²) in [5.74, 6) is 1.44. The quantitative estimate of drug-likeness (QED) is 0.371. The van der Waals surface area contributed by atoms with Crippen molar-refractivity contribution in [3.05, 3.63) is 75.7 Å². The molecule has 0 aliphatic heterocycles. The molecule has 0 aliphatic rings. The Balaban J connectivity index is 1.63. The molecule has 2 aromatic carbocycles. The molecule has 31 heavy (non-hydrogen) atoms. The third kappa shape index (κ3) is 4.54. The number of H-pyrrole nitrogens is 1. The summed E-state index contributed by atoms with van der Waals surface area (Å²) in [5, 5.41) is 17.8. The Morgan fingerprint density at radius 3 is 2.55 bits per heavy atom. The summed E-state index contributed by atoms with van der Waals surface area (Å²) < 4.78 is 2.02. The zero-order valence-electron chi connectivity index (χ0n) is 17.1. The fourth-order valence-electron chi connectivity index (χ4n) is 3.61. The van der Waals surface area contributed by atoms with Crippen molar-refractivity contribution in [2.75, 3.05) is 0 Å². The number of unbranched alkanes of at least 4 members (excludes halogenated alkanes) is 1. The normalized spacial score (nSPS) is 11.0. The molecule has 4 aromatic rings. The second-order valence-electron chi connectivity index (χ2n) is 7.22. The number of aromatic amines is 1. The lowest BCUT2D eigenvalue weighted by molar-refractivity contribution is 0.655. The van der Waals surface area contributed by atoms with Gasteiger partial charge in [0.05, 0.1) is 5.69 Å². The number of tetrazole rings is 1. The molecule has 4 rings (SSSR count). The van der Waals surface area contributed by atoms with Crippen molar-refractivity contribution >= 4 is 11.6 Å². The summed E-state index contributed by atoms with van der Waals surface area (Å²) >= 11 is 6.30. The SMILES string of the molecule is CCCCc1nc(Cl)c(CN=O)n1Cc1ccc(-c2ccccc2-c2nn[nH]n2)cc1. The van der Waals surface area contributed by atoms with E-state index in [-0.39, 0.29) is 6.54 Å². The summed E-state index contributed by atoms with van der Waals surface area (Å²) in [7, 11) is 0. The molecule has 0 spiro atoms. The highest BCUT2D eigenvalue weighted by molar-refractivity contribution is 6.30. The predicted octanol–water partition coefficient (Wildman–Crippen LogP) is 5.04. The van der Waals surface area contributed by atoms with Gasteiger partial charge in [0.2, 0.25) is 5.82 Å². The Hall–Kier alpha value is -3.39. The molecule has 8 nitrogen and oxygen atoms in total. The van der Waals surface area contributed by atoms with Crippen LogP contribution in [-0.4, -0.2) is 30.2 Å². The van der Waals surface area contributed by atoms with Gasteiger partial charge in [-0.3, -0.25) is 0 Å². The zero-order chi connectivity index (χ0) is 21.6. The molecule has 0 amide bonds. The number of hydrogen-bond acceptors (Lipinski definition) is 6. The van der Waals surface area contributed by atoms with Crippen molar-refractivity contribution in [3.8, 4) is 22.5 Å². The van der Waals surface area contributed by atoms with Crippen LogP contribution in [-0.2, 0) is 19.5 Å². The highest BCUT2D eigenvalue weighted by Crippen LogP contribution is 2.30. The number of nitrogens with zero attached hydrogens (tertiary/aromatic N) is 6. The summed E-state index contributed by atoms with van der Waals surface area (Å²) in [6, 6.07) is 16.2. The average Bonchev–Trinajstić information content (AvgIpc) is 3.43. The van der Waals surface area contributed by atoms with E-state index in [1.54, 1.807) is 0 Å². The van der Waals surface area contributed by atoms with E-state index < -0.39 is 0 Å². The standard InChI is InChI=1S/C22H22ClN7O/c1-2-3-8-20-25-21(23)19(13-24-31)30(20)14-15-9-11-16(12-10-15)17-6-4-5-7-18(17)22-26-28-29-27-22/h4-7,9-12H,2-3,8,13-14H2,1H3,(H,26,27,28,29). The van der Waals surface area contributed by atoms with Crippen molar-refractivity contribution in [2.24, 2.45) is 5.18 Å². The highest BCUT2D eigenvalue weighted by atomic mass is 35.5. The Kier molecular flexibility index (Phi) is 6.47. The van der Waals surface area contributed by atoms with E-state index in [9.17, 15) is 4.91 Å². The van der Waals surface area contributed by atoms with E-state index in [1.165, 1.54) is 0 Å². The number of imidazole rings is 1. The Bertz CT molecular complexity index is 1150. The smallest absolute Gasteiger partial charge is 0.205 e. The van der Waals surface area contributed by atoms with Crippen molar-refractivity contribution in [2.45, 2.75) is 39.3 Å². The lowest BCUT2D eigenvalue weighted by atomic mass is 9.98. The minimum Gasteiger partial charge on any atom is -0.324 e. The zero-order valence-corrected chi connectivity index (χ0v) is 17.9. The molecule has 158 valence electrons. The fourth-order valence-corrected chi connectivity index (χ4v) is 3.87. The minimum atomic E-state index is 0.00805. The number of aryl methyl sites for hydroxylation is 1. The van der Waals surface area contributed by atoms with Crippen molar-refractivity contribution in [3.63, 3.8) is 0 Å². The molecule has 0 saturated carbocycles. The van der Waals surface area contributed by atoms with E-state index in [0.717, 1.165) is 47.3 Å². The van der Waals surface area contributed by atoms with Gasteiger partial charge in [-0.1, -0.05) is 78.7 Å².